The second-order valence-electron chi connectivity index (χ2n) is 7.98. The van der Waals surface area contributed by atoms with Gasteiger partial charge < -0.3 is 14.5 Å². The van der Waals surface area contributed by atoms with E-state index in [1.165, 1.54) is 16.9 Å². The number of ether oxygens (including phenoxy) is 1. The van der Waals surface area contributed by atoms with Gasteiger partial charge in [0.15, 0.2) is 5.72 Å². The molecule has 27 heavy (non-hydrogen) atoms. The van der Waals surface area contributed by atoms with Gasteiger partial charge in [0.2, 0.25) is 0 Å². The third-order valence-corrected chi connectivity index (χ3v) is 5.93. The summed E-state index contributed by atoms with van der Waals surface area (Å²) in [4.78, 5) is 4.44. The Morgan fingerprint density at radius 1 is 1.15 bits per heavy atom. The third-order valence-electron chi connectivity index (χ3n) is 5.93. The van der Waals surface area contributed by atoms with Gasteiger partial charge in [-0.15, -0.1) is 0 Å². The summed E-state index contributed by atoms with van der Waals surface area (Å²) in [5, 5.41) is 9.31. The summed E-state index contributed by atoms with van der Waals surface area (Å²) in [6, 6.07) is 16.7. The molecule has 4 heteroatoms. The molecule has 1 atom stereocenters. The molecule has 0 amide bonds. The van der Waals surface area contributed by atoms with E-state index in [0.29, 0.717) is 12.2 Å². The zero-order valence-corrected chi connectivity index (χ0v) is 16.4. The maximum atomic E-state index is 9.31. The van der Waals surface area contributed by atoms with Gasteiger partial charge in [-0.25, -0.2) is 0 Å². The van der Waals surface area contributed by atoms with Crippen LogP contribution in [0.4, 0.5) is 11.4 Å². The number of anilines is 2. The molecule has 2 aliphatic heterocycles. The maximum absolute atomic E-state index is 9.31. The summed E-state index contributed by atoms with van der Waals surface area (Å²) < 4.78 is 6.37. The molecule has 0 aliphatic carbocycles. The number of hydrogen-bond acceptors (Lipinski definition) is 4. The molecule has 4 rings (SSSR count). The van der Waals surface area contributed by atoms with E-state index in [0.717, 1.165) is 12.1 Å². The van der Waals surface area contributed by atoms with Crippen LogP contribution in [-0.2, 0) is 10.2 Å². The number of hydrogen-bond donors (Lipinski definition) is 0. The van der Waals surface area contributed by atoms with Crippen molar-refractivity contribution in [2.75, 3.05) is 37.0 Å². The van der Waals surface area contributed by atoms with Crippen molar-refractivity contribution in [2.24, 2.45) is 0 Å². The lowest BCUT2D eigenvalue weighted by Gasteiger charge is -2.39. The topological polar surface area (TPSA) is 39.5 Å². The highest BCUT2D eigenvalue weighted by Gasteiger charge is 2.59. The molecule has 1 fully saturated rings. The van der Waals surface area contributed by atoms with Crippen LogP contribution in [0, 0.1) is 11.3 Å². The smallest absolute Gasteiger partial charge is 0.170 e. The van der Waals surface area contributed by atoms with Crippen LogP contribution >= 0.6 is 0 Å². The predicted molar refractivity (Wildman–Crippen MR) is 110 cm³/mol. The van der Waals surface area contributed by atoms with E-state index in [9.17, 15) is 5.26 Å². The molecule has 4 nitrogen and oxygen atoms in total. The molecular weight excluding hydrogens is 334 g/mol. The average Bonchev–Trinajstić information content (AvgIpc) is 3.17. The Labute approximate surface area is 161 Å². The summed E-state index contributed by atoms with van der Waals surface area (Å²) >= 11 is 0. The lowest BCUT2D eigenvalue weighted by Crippen LogP contribution is -2.51. The monoisotopic (exact) mass is 359 g/mol. The third kappa shape index (κ3) is 2.54. The number of nitriles is 1. The Balaban J connectivity index is 1.74. The maximum Gasteiger partial charge on any atom is 0.170 e. The van der Waals surface area contributed by atoms with Crippen LogP contribution in [0.5, 0.6) is 0 Å². The Hall–Kier alpha value is -2.77. The van der Waals surface area contributed by atoms with Crippen molar-refractivity contribution < 1.29 is 4.74 Å². The summed E-state index contributed by atoms with van der Waals surface area (Å²) in [6.07, 6.45) is 4.34. The number of rotatable bonds is 3. The van der Waals surface area contributed by atoms with E-state index >= 15 is 0 Å². The van der Waals surface area contributed by atoms with Gasteiger partial charge in [0.1, 0.15) is 0 Å². The van der Waals surface area contributed by atoms with E-state index in [1.54, 1.807) is 0 Å². The second kappa shape index (κ2) is 6.14. The Bertz CT molecular complexity index is 937. The van der Waals surface area contributed by atoms with Gasteiger partial charge >= 0.3 is 0 Å². The van der Waals surface area contributed by atoms with E-state index in [4.69, 9.17) is 4.74 Å². The van der Waals surface area contributed by atoms with E-state index < -0.39 is 5.72 Å². The zero-order chi connectivity index (χ0) is 19.2. The lowest BCUT2D eigenvalue weighted by atomic mass is 9.77. The molecule has 0 radical (unpaired) electrons. The molecule has 1 unspecified atom stereocenters. The fourth-order valence-electron chi connectivity index (χ4n) is 4.33. The quantitative estimate of drug-likeness (QED) is 0.825. The molecular formula is C23H25N3O. The SMILES string of the molecule is CN(C)c1ccc(C=CC23OCCN2c2ccc(C#N)cc2C3(C)C)cc1. The molecule has 0 aromatic heterocycles. The van der Waals surface area contributed by atoms with Crippen molar-refractivity contribution in [1.29, 1.82) is 5.26 Å². The first-order valence-corrected chi connectivity index (χ1v) is 9.32. The molecule has 0 spiro atoms. The van der Waals surface area contributed by atoms with Crippen molar-refractivity contribution in [3.05, 3.63) is 65.2 Å². The summed E-state index contributed by atoms with van der Waals surface area (Å²) in [7, 11) is 4.09. The van der Waals surface area contributed by atoms with Crippen LogP contribution in [0.3, 0.4) is 0 Å². The molecule has 2 aromatic rings. The van der Waals surface area contributed by atoms with Crippen molar-refractivity contribution in [3.63, 3.8) is 0 Å². The van der Waals surface area contributed by atoms with Gasteiger partial charge in [-0.1, -0.05) is 32.1 Å². The molecule has 0 bridgehead atoms. The first-order chi connectivity index (χ1) is 12.9. The van der Waals surface area contributed by atoms with Crippen molar-refractivity contribution in [1.82, 2.24) is 0 Å². The Morgan fingerprint density at radius 3 is 2.56 bits per heavy atom. The lowest BCUT2D eigenvalue weighted by molar-refractivity contribution is 0.000334. The number of fused-ring (bicyclic) bond motifs is 3. The first-order valence-electron chi connectivity index (χ1n) is 9.32. The van der Waals surface area contributed by atoms with Gasteiger partial charge in [0, 0.05) is 37.4 Å². The average molecular weight is 359 g/mol. The highest BCUT2D eigenvalue weighted by Crippen LogP contribution is 2.55. The highest BCUT2D eigenvalue weighted by atomic mass is 16.5. The Morgan fingerprint density at radius 2 is 1.89 bits per heavy atom. The van der Waals surface area contributed by atoms with Crippen molar-refractivity contribution >= 4 is 17.5 Å². The second-order valence-corrected chi connectivity index (χ2v) is 7.98. The fraction of sp³-hybridized carbons (Fsp3) is 0.348. The van der Waals surface area contributed by atoms with Crippen molar-refractivity contribution in [3.8, 4) is 6.07 Å². The molecule has 1 saturated heterocycles. The van der Waals surface area contributed by atoms with Gasteiger partial charge in [-0.2, -0.15) is 5.26 Å². The summed E-state index contributed by atoms with van der Waals surface area (Å²) in [5.74, 6) is 0. The molecule has 0 N–H and O–H groups in total. The first kappa shape index (κ1) is 17.6. The summed E-state index contributed by atoms with van der Waals surface area (Å²) in [5.41, 5.74) is 4.59. The van der Waals surface area contributed by atoms with Crippen LogP contribution < -0.4 is 9.80 Å². The van der Waals surface area contributed by atoms with Crippen LogP contribution in [0.25, 0.3) is 6.08 Å². The van der Waals surface area contributed by atoms with Crippen LogP contribution in [-0.4, -0.2) is 33.0 Å². The van der Waals surface area contributed by atoms with E-state index in [2.05, 4.69) is 72.2 Å². The van der Waals surface area contributed by atoms with Gasteiger partial charge in [0.05, 0.1) is 18.2 Å². The van der Waals surface area contributed by atoms with Crippen LogP contribution in [0.2, 0.25) is 0 Å². The van der Waals surface area contributed by atoms with Crippen molar-refractivity contribution in [2.45, 2.75) is 25.0 Å². The molecule has 0 saturated carbocycles. The molecule has 2 heterocycles. The molecule has 2 aromatic carbocycles. The summed E-state index contributed by atoms with van der Waals surface area (Å²) in [6.45, 7) is 5.97. The van der Waals surface area contributed by atoms with E-state index in [-0.39, 0.29) is 5.41 Å². The van der Waals surface area contributed by atoms with E-state index in [1.807, 2.05) is 26.2 Å². The van der Waals surface area contributed by atoms with Crippen LogP contribution in [0.1, 0.15) is 30.5 Å². The highest BCUT2D eigenvalue weighted by molar-refractivity contribution is 5.71. The number of benzene rings is 2. The minimum absolute atomic E-state index is 0.258. The number of nitrogens with zero attached hydrogens (tertiary/aromatic N) is 3. The van der Waals surface area contributed by atoms with Crippen LogP contribution in [0.15, 0.2) is 48.5 Å². The standard InChI is InChI=1S/C23H25N3O/c1-22(2)20-15-18(16-24)7-10-21(20)26-13-14-27-23(22,26)12-11-17-5-8-19(9-6-17)25(3)4/h5-12,15H,13-14H2,1-4H3. The molecule has 2 aliphatic rings. The normalized spacial score (nSPS) is 22.6. The largest absolute Gasteiger partial charge is 0.378 e. The predicted octanol–water partition coefficient (Wildman–Crippen LogP) is 4.16. The minimum atomic E-state index is -0.524. The zero-order valence-electron chi connectivity index (χ0n) is 16.4. The minimum Gasteiger partial charge on any atom is -0.378 e. The molecule has 138 valence electrons. The van der Waals surface area contributed by atoms with Gasteiger partial charge in [0.25, 0.3) is 0 Å². The van der Waals surface area contributed by atoms with Gasteiger partial charge in [-0.05, 0) is 47.5 Å². The Kier molecular flexibility index (Phi) is 4.01. The fourth-order valence-corrected chi connectivity index (χ4v) is 4.33. The van der Waals surface area contributed by atoms with Gasteiger partial charge in [-0.3, -0.25) is 0 Å².